The molecule has 7 heteroatoms. The van der Waals surface area contributed by atoms with Gasteiger partial charge < -0.3 is 14.4 Å². The molecule has 0 fully saturated rings. The lowest BCUT2D eigenvalue weighted by Crippen LogP contribution is -2.14. The molecule has 372 valence electrons. The summed E-state index contributed by atoms with van der Waals surface area (Å²) in [4.78, 5) is 4.48. The van der Waals surface area contributed by atoms with Crippen LogP contribution in [0.15, 0.2) is 188 Å². The van der Waals surface area contributed by atoms with Gasteiger partial charge in [-0.2, -0.15) is 10.5 Å². The number of thiophene rings is 2. The smallest absolute Gasteiger partial charge is 0.103 e. The molecule has 0 saturated carbocycles. The Morgan fingerprint density at radius 1 is 0.403 bits per heavy atom. The third-order valence-electron chi connectivity index (χ3n) is 15.4. The number of nitrogens with zero attached hydrogens (tertiary/aromatic N) is 5. The Bertz CT molecular complexity index is 4580. The van der Waals surface area contributed by atoms with Gasteiger partial charge in [0.1, 0.15) is 12.1 Å². The SMILES string of the molecule is Cc1cccc(N(c2ccc(C(C)(C)C)cc2)c2ccc3c(sc4cc5c(-n6c7ccccc7c7ccccc76)c6sc7c(C#N)c(N(c8ccc(C(C)(C)C)cc8)c8cccc(C)c8)ccc7c6cc5cc43)c2C#N)c1. The molecular formula is C70H55N5S2. The van der Waals surface area contributed by atoms with Crippen molar-refractivity contribution in [2.45, 2.75) is 66.2 Å². The molecule has 0 bridgehead atoms. The molecule has 0 atom stereocenters. The summed E-state index contributed by atoms with van der Waals surface area (Å²) >= 11 is 3.39. The molecule has 5 nitrogen and oxygen atoms in total. The lowest BCUT2D eigenvalue weighted by Gasteiger charge is -2.28. The van der Waals surface area contributed by atoms with Crippen molar-refractivity contribution in [2.75, 3.05) is 9.80 Å². The van der Waals surface area contributed by atoms with E-state index in [0.29, 0.717) is 11.1 Å². The van der Waals surface area contributed by atoms with Gasteiger partial charge in [-0.1, -0.05) is 139 Å². The minimum absolute atomic E-state index is 0.000341. The number of fused-ring (bicyclic) bond motifs is 10. The lowest BCUT2D eigenvalue weighted by molar-refractivity contribution is 0.590. The van der Waals surface area contributed by atoms with E-state index in [4.69, 9.17) is 0 Å². The predicted octanol–water partition coefficient (Wildman–Crippen LogP) is 20.6. The Hall–Kier alpha value is -8.72. The predicted molar refractivity (Wildman–Crippen MR) is 330 cm³/mol. The average Bonchev–Trinajstić information content (AvgIpc) is 4.19. The number of para-hydroxylation sites is 2. The molecule has 13 aromatic rings. The summed E-state index contributed by atoms with van der Waals surface area (Å²) in [5.41, 5.74) is 15.1. The van der Waals surface area contributed by atoms with Gasteiger partial charge in [0.15, 0.2) is 0 Å². The van der Waals surface area contributed by atoms with Crippen LogP contribution in [0.1, 0.15) is 74.9 Å². The fourth-order valence-corrected chi connectivity index (χ4v) is 14.1. The van der Waals surface area contributed by atoms with Crippen LogP contribution in [0.4, 0.5) is 34.1 Å². The van der Waals surface area contributed by atoms with Gasteiger partial charge in [-0.15, -0.1) is 22.7 Å². The fraction of sp³-hybridized carbons (Fsp3) is 0.143. The van der Waals surface area contributed by atoms with Crippen LogP contribution >= 0.6 is 22.7 Å². The second kappa shape index (κ2) is 18.0. The van der Waals surface area contributed by atoms with Crippen molar-refractivity contribution >= 4 is 130 Å². The summed E-state index contributed by atoms with van der Waals surface area (Å²) in [6, 6.07) is 73.3. The monoisotopic (exact) mass is 1030 g/mol. The number of aromatic nitrogens is 1. The number of aryl methyl sites for hydroxylation is 2. The minimum atomic E-state index is -0.00694. The lowest BCUT2D eigenvalue weighted by atomic mass is 9.87. The molecule has 10 aromatic carbocycles. The van der Waals surface area contributed by atoms with Gasteiger partial charge in [0.2, 0.25) is 0 Å². The van der Waals surface area contributed by atoms with Crippen molar-refractivity contribution in [1.29, 1.82) is 10.5 Å². The zero-order valence-corrected chi connectivity index (χ0v) is 46.1. The zero-order valence-electron chi connectivity index (χ0n) is 44.5. The topological polar surface area (TPSA) is 59.0 Å². The molecule has 3 heterocycles. The normalized spacial score (nSPS) is 12.1. The molecule has 0 spiro atoms. The molecule has 0 radical (unpaired) electrons. The van der Waals surface area contributed by atoms with E-state index in [0.717, 1.165) is 113 Å². The minimum Gasteiger partial charge on any atom is -0.309 e. The maximum Gasteiger partial charge on any atom is 0.103 e. The molecule has 0 aliphatic rings. The molecule has 3 aromatic heterocycles. The molecule has 0 amide bonds. The fourth-order valence-electron chi connectivity index (χ4n) is 11.6. The second-order valence-corrected chi connectivity index (χ2v) is 24.7. The number of anilines is 6. The van der Waals surface area contributed by atoms with Gasteiger partial charge in [-0.25, -0.2) is 0 Å². The Balaban J connectivity index is 1.08. The van der Waals surface area contributed by atoms with Crippen molar-refractivity contribution < 1.29 is 0 Å². The molecule has 0 aliphatic heterocycles. The molecule has 0 saturated heterocycles. The van der Waals surface area contributed by atoms with E-state index >= 15 is 0 Å². The number of nitriles is 2. The van der Waals surface area contributed by atoms with E-state index in [-0.39, 0.29) is 10.8 Å². The van der Waals surface area contributed by atoms with Crippen LogP contribution in [0.5, 0.6) is 0 Å². The Morgan fingerprint density at radius 3 is 1.35 bits per heavy atom. The van der Waals surface area contributed by atoms with Gasteiger partial charge in [0.05, 0.1) is 53.3 Å². The Kier molecular flexibility index (Phi) is 11.2. The molecule has 0 N–H and O–H groups in total. The number of rotatable bonds is 7. The van der Waals surface area contributed by atoms with Crippen molar-refractivity contribution in [1.82, 2.24) is 4.57 Å². The first-order valence-corrected chi connectivity index (χ1v) is 27.9. The highest BCUT2D eigenvalue weighted by molar-refractivity contribution is 7.27. The highest BCUT2D eigenvalue weighted by atomic mass is 32.1. The van der Waals surface area contributed by atoms with E-state index in [1.54, 1.807) is 22.7 Å². The van der Waals surface area contributed by atoms with Crippen LogP contribution in [-0.2, 0) is 10.8 Å². The summed E-state index contributed by atoms with van der Waals surface area (Å²) in [7, 11) is 0. The largest absolute Gasteiger partial charge is 0.309 e. The molecule has 0 aliphatic carbocycles. The molecule has 13 rings (SSSR count). The summed E-state index contributed by atoms with van der Waals surface area (Å²) < 4.78 is 6.58. The van der Waals surface area contributed by atoms with E-state index in [1.165, 1.54) is 21.9 Å². The van der Waals surface area contributed by atoms with Crippen LogP contribution in [-0.4, -0.2) is 4.57 Å². The van der Waals surface area contributed by atoms with Gasteiger partial charge >= 0.3 is 0 Å². The van der Waals surface area contributed by atoms with Crippen molar-refractivity contribution in [3.05, 3.63) is 221 Å². The van der Waals surface area contributed by atoms with E-state index in [2.05, 4.69) is 270 Å². The standard InChI is InChI=1S/C70H55N5S2/c1-42-15-13-17-49(35-42)73(47-27-23-45(24-28-47)69(3,4)5)62-33-31-53-56-37-44-38-57-54-32-34-63(74(50-18-14-16-43(2)36-50)48-29-25-46(26-30-48)70(6,7)8)59(41-72)67(54)77-68(57)65(55(44)39-64(56)76-66(53)58(62)40-71)75-60-21-11-9-19-51(60)52-20-10-12-22-61(52)75/h9-39H,1-8H3. The van der Waals surface area contributed by atoms with E-state index in [1.807, 2.05) is 0 Å². The zero-order chi connectivity index (χ0) is 53.1. The summed E-state index contributed by atoms with van der Waals surface area (Å²) in [5.74, 6) is 0. The first kappa shape index (κ1) is 48.0. The highest BCUT2D eigenvalue weighted by Crippen LogP contribution is 2.51. The average molecular weight is 1030 g/mol. The van der Waals surface area contributed by atoms with Crippen LogP contribution < -0.4 is 9.80 Å². The molecule has 0 unspecified atom stereocenters. The maximum absolute atomic E-state index is 11.5. The van der Waals surface area contributed by atoms with Crippen LogP contribution in [0, 0.1) is 36.5 Å². The van der Waals surface area contributed by atoms with Crippen molar-refractivity contribution in [3.63, 3.8) is 0 Å². The Labute approximate surface area is 457 Å². The van der Waals surface area contributed by atoms with Gasteiger partial charge in [0.25, 0.3) is 0 Å². The highest BCUT2D eigenvalue weighted by Gasteiger charge is 2.27. The Morgan fingerprint density at radius 2 is 0.870 bits per heavy atom. The quantitative estimate of drug-likeness (QED) is 0.160. The van der Waals surface area contributed by atoms with Crippen LogP contribution in [0.2, 0.25) is 0 Å². The van der Waals surface area contributed by atoms with Gasteiger partial charge in [-0.05, 0) is 143 Å². The van der Waals surface area contributed by atoms with Crippen LogP contribution in [0.25, 0.3) is 78.6 Å². The first-order chi connectivity index (χ1) is 37.2. The third kappa shape index (κ3) is 7.84. The summed E-state index contributed by atoms with van der Waals surface area (Å²) in [5, 5.41) is 31.7. The van der Waals surface area contributed by atoms with Gasteiger partial charge in [0, 0.05) is 65.2 Å². The number of hydrogen-bond donors (Lipinski definition) is 0. The van der Waals surface area contributed by atoms with E-state index in [9.17, 15) is 10.5 Å². The second-order valence-electron chi connectivity index (χ2n) is 22.6. The third-order valence-corrected chi connectivity index (χ3v) is 17.9. The number of hydrogen-bond acceptors (Lipinski definition) is 6. The van der Waals surface area contributed by atoms with Gasteiger partial charge in [-0.3, -0.25) is 0 Å². The number of benzene rings is 10. The first-order valence-electron chi connectivity index (χ1n) is 26.3. The summed E-state index contributed by atoms with van der Waals surface area (Å²) in [6.07, 6.45) is 0. The van der Waals surface area contributed by atoms with Crippen molar-refractivity contribution in [2.24, 2.45) is 0 Å². The van der Waals surface area contributed by atoms with Crippen molar-refractivity contribution in [3.8, 4) is 17.8 Å². The van der Waals surface area contributed by atoms with E-state index < -0.39 is 0 Å². The molecular weight excluding hydrogens is 975 g/mol. The summed E-state index contributed by atoms with van der Waals surface area (Å²) in [6.45, 7) is 17.6. The molecule has 77 heavy (non-hydrogen) atoms. The maximum atomic E-state index is 11.5. The van der Waals surface area contributed by atoms with Crippen LogP contribution in [0.3, 0.4) is 0 Å².